The van der Waals surface area contributed by atoms with E-state index in [0.29, 0.717) is 17.8 Å². The number of rotatable bonds is 7. The summed E-state index contributed by atoms with van der Waals surface area (Å²) in [5.41, 5.74) is 2.06. The summed E-state index contributed by atoms with van der Waals surface area (Å²) in [6, 6.07) is 0. The summed E-state index contributed by atoms with van der Waals surface area (Å²) in [4.78, 5) is 12.1. The number of hydrogen-bond donors (Lipinski definition) is 1. The molecular weight excluding hydrogens is 460 g/mol. The van der Waals surface area contributed by atoms with E-state index < -0.39 is 0 Å². The van der Waals surface area contributed by atoms with Gasteiger partial charge in [-0.3, -0.25) is 4.79 Å². The Kier molecular flexibility index (Phi) is 7.39. The molecule has 0 aromatic heterocycles. The van der Waals surface area contributed by atoms with Crippen molar-refractivity contribution < 1.29 is 9.90 Å². The van der Waals surface area contributed by atoms with Gasteiger partial charge < -0.3 is 5.11 Å². The van der Waals surface area contributed by atoms with E-state index in [4.69, 9.17) is 0 Å². The van der Waals surface area contributed by atoms with Crippen LogP contribution in [0.4, 0.5) is 0 Å². The van der Waals surface area contributed by atoms with Crippen molar-refractivity contribution >= 4 is 20.6 Å². The second kappa shape index (κ2) is 9.48. The molecule has 3 saturated carbocycles. The van der Waals surface area contributed by atoms with E-state index in [2.05, 4.69) is 56.6 Å². The third kappa shape index (κ3) is 4.32. The van der Waals surface area contributed by atoms with E-state index >= 15 is 0 Å². The number of aliphatic hydroxyl groups excluding tert-OH is 1. The van der Waals surface area contributed by atoms with Gasteiger partial charge in [0.05, 0.1) is 6.10 Å². The third-order valence-corrected chi connectivity index (χ3v) is 11.3. The maximum Gasteiger partial charge on any atom is 0.198 e. The first kappa shape index (κ1) is 25.0. The average Bonchev–Trinajstić information content (AvgIpc) is 3.05. The van der Waals surface area contributed by atoms with Gasteiger partial charge in [0.25, 0.3) is 0 Å². The van der Waals surface area contributed by atoms with Crippen LogP contribution in [0.5, 0.6) is 0 Å². The third-order valence-electron chi connectivity index (χ3n) is 11.0. The van der Waals surface area contributed by atoms with E-state index in [0.717, 1.165) is 42.4 Å². The van der Waals surface area contributed by atoms with Gasteiger partial charge in [0, 0.05) is 6.42 Å². The smallest absolute Gasteiger partial charge is 0.198 e. The second-order valence-corrected chi connectivity index (χ2v) is 13.9. The van der Waals surface area contributed by atoms with Crippen LogP contribution in [0.15, 0.2) is 11.6 Å². The monoisotopic (exact) mass is 506 g/mol. The fraction of sp³-hybridized carbons (Fsp3) is 0.897. The lowest BCUT2D eigenvalue weighted by Gasteiger charge is -2.60. The van der Waals surface area contributed by atoms with Crippen molar-refractivity contribution in [2.45, 2.75) is 111 Å². The van der Waals surface area contributed by atoms with Crippen molar-refractivity contribution in [2.24, 2.45) is 52.3 Å². The molecule has 4 aliphatic carbocycles. The highest BCUT2D eigenvalue weighted by molar-refractivity contribution is 9.18. The Morgan fingerprint density at radius 2 is 1.91 bits per heavy atom. The number of fused-ring (bicyclic) bond motifs is 5. The topological polar surface area (TPSA) is 37.3 Å². The van der Waals surface area contributed by atoms with Gasteiger partial charge in [-0.2, -0.15) is 0 Å². The number of hydrogen-bond acceptors (Lipinski definition) is 2. The average molecular weight is 508 g/mol. The summed E-state index contributed by atoms with van der Waals surface area (Å²) in [6.07, 6.45) is 15.2. The van der Waals surface area contributed by atoms with Gasteiger partial charge in [-0.05, 0) is 113 Å². The Morgan fingerprint density at radius 3 is 2.59 bits per heavy atom. The van der Waals surface area contributed by atoms with Crippen LogP contribution in [0, 0.1) is 52.3 Å². The van der Waals surface area contributed by atoms with Crippen molar-refractivity contribution in [3.63, 3.8) is 0 Å². The van der Waals surface area contributed by atoms with Crippen LogP contribution in [-0.4, -0.2) is 15.9 Å². The summed E-state index contributed by atoms with van der Waals surface area (Å²) >= 11 is 3.23. The maximum atomic E-state index is 12.1. The molecule has 0 heterocycles. The number of carbonyl (C=O) groups excluding carboxylic acids is 1. The highest BCUT2D eigenvalue weighted by Crippen LogP contribution is 2.68. The first-order valence-corrected chi connectivity index (χ1v) is 14.4. The molecule has 0 aromatic carbocycles. The van der Waals surface area contributed by atoms with Gasteiger partial charge in [0.2, 0.25) is 0 Å². The minimum atomic E-state index is -0.279. The minimum absolute atomic E-state index is 0.0911. The van der Waals surface area contributed by atoms with E-state index in [1.165, 1.54) is 56.9 Å². The van der Waals surface area contributed by atoms with E-state index in [9.17, 15) is 9.90 Å². The molecule has 1 unspecified atom stereocenters. The second-order valence-electron chi connectivity index (χ2n) is 13.0. The first-order valence-electron chi connectivity index (χ1n) is 13.6. The fourth-order valence-electron chi connectivity index (χ4n) is 9.39. The molecule has 3 fully saturated rings. The van der Waals surface area contributed by atoms with Crippen LogP contribution in [0.25, 0.3) is 0 Å². The number of aliphatic hydroxyl groups is 1. The Labute approximate surface area is 205 Å². The van der Waals surface area contributed by atoms with Crippen LogP contribution in [-0.2, 0) is 4.79 Å². The molecule has 32 heavy (non-hydrogen) atoms. The van der Waals surface area contributed by atoms with Gasteiger partial charge in [-0.1, -0.05) is 65.5 Å². The Hall–Kier alpha value is -0.150. The van der Waals surface area contributed by atoms with Crippen LogP contribution in [0.1, 0.15) is 105 Å². The summed E-state index contributed by atoms with van der Waals surface area (Å²) in [5, 5.41) is 10.6. The van der Waals surface area contributed by atoms with Crippen molar-refractivity contribution in [1.29, 1.82) is 0 Å². The number of halogens is 1. The molecule has 4 rings (SSSR count). The predicted molar refractivity (Wildman–Crippen MR) is 136 cm³/mol. The lowest BCUT2D eigenvalue weighted by atomic mass is 9.44. The lowest BCUT2D eigenvalue weighted by molar-refractivity contribution is -0.116. The zero-order chi connectivity index (χ0) is 23.3. The summed E-state index contributed by atoms with van der Waals surface area (Å²) in [6.45, 7) is 12.4. The normalized spacial score (nSPS) is 44.4. The largest absolute Gasteiger partial charge is 0.393 e. The van der Waals surface area contributed by atoms with Gasteiger partial charge in [-0.15, -0.1) is 0 Å². The molecule has 0 radical (unpaired) electrons. The molecule has 4 aliphatic rings. The summed E-state index contributed by atoms with van der Waals surface area (Å²) in [7, 11) is 0. The molecule has 0 aliphatic heterocycles. The van der Waals surface area contributed by atoms with E-state index in [1.54, 1.807) is 0 Å². The molecule has 0 aromatic rings. The van der Waals surface area contributed by atoms with E-state index in [1.807, 2.05) is 0 Å². The van der Waals surface area contributed by atoms with Crippen molar-refractivity contribution in [1.82, 2.24) is 0 Å². The predicted octanol–water partition coefficient (Wildman–Crippen LogP) is 7.93. The molecule has 0 amide bonds. The molecule has 0 spiro atoms. The molecule has 182 valence electrons. The zero-order valence-corrected chi connectivity index (χ0v) is 22.8. The molecule has 0 saturated heterocycles. The summed E-state index contributed by atoms with van der Waals surface area (Å²) in [5.74, 6) is 5.09. The SMILES string of the molecule is CC(C)CCC[C@@H](C)[C@H]1CC[C@H]2[C@@H]3CC=C4C[C@@H](O)CC(CC(=O)Br)[C@]4(C)[C@H]3CC[C@]12C. The van der Waals surface area contributed by atoms with Crippen LogP contribution in [0.2, 0.25) is 0 Å². The minimum Gasteiger partial charge on any atom is -0.393 e. The lowest BCUT2D eigenvalue weighted by Crippen LogP contribution is -2.54. The molecule has 9 atom stereocenters. The molecule has 3 heteroatoms. The Morgan fingerprint density at radius 1 is 1.16 bits per heavy atom. The molecule has 1 N–H and O–H groups in total. The Balaban J connectivity index is 1.55. The van der Waals surface area contributed by atoms with Gasteiger partial charge in [0.1, 0.15) is 0 Å². The van der Waals surface area contributed by atoms with Gasteiger partial charge in [0.15, 0.2) is 4.69 Å². The molecular formula is C29H47BrO2. The highest BCUT2D eigenvalue weighted by Gasteiger charge is 2.60. The molecule has 2 nitrogen and oxygen atoms in total. The van der Waals surface area contributed by atoms with E-state index in [-0.39, 0.29) is 22.1 Å². The van der Waals surface area contributed by atoms with Crippen LogP contribution >= 0.6 is 15.9 Å². The number of allylic oxidation sites excluding steroid dienone is 1. The van der Waals surface area contributed by atoms with Crippen LogP contribution < -0.4 is 0 Å². The number of carbonyl (C=O) groups is 1. The van der Waals surface area contributed by atoms with Crippen LogP contribution in [0.3, 0.4) is 0 Å². The van der Waals surface area contributed by atoms with Gasteiger partial charge in [-0.25, -0.2) is 0 Å². The highest BCUT2D eigenvalue weighted by atomic mass is 79.9. The Bertz CT molecular complexity index is 729. The van der Waals surface area contributed by atoms with Crippen molar-refractivity contribution in [3.8, 4) is 0 Å². The molecule has 0 bridgehead atoms. The van der Waals surface area contributed by atoms with Crippen molar-refractivity contribution in [2.75, 3.05) is 0 Å². The summed E-state index contributed by atoms with van der Waals surface area (Å²) < 4.78 is 0.107. The fourth-order valence-corrected chi connectivity index (χ4v) is 9.78. The van der Waals surface area contributed by atoms with Gasteiger partial charge >= 0.3 is 0 Å². The standard InChI is InChI=1S/C29H47BrO2/c1-18(2)7-6-8-19(3)24-11-12-25-23-10-9-20-15-22(31)16-21(17-27(30)32)29(20,5)26(23)13-14-28(24,25)4/h9,18-19,21-26,31H,6-8,10-17H2,1-5H3/t19-,21?,22-,23+,24-,25+,26+,28-,29-/m1/s1. The maximum absolute atomic E-state index is 12.1. The first-order chi connectivity index (χ1) is 15.1. The quantitative estimate of drug-likeness (QED) is 0.281. The van der Waals surface area contributed by atoms with Crippen molar-refractivity contribution in [3.05, 3.63) is 11.6 Å². The zero-order valence-electron chi connectivity index (χ0n) is 21.2.